The lowest BCUT2D eigenvalue weighted by molar-refractivity contribution is 0.602. The molecule has 96 valence electrons. The van der Waals surface area contributed by atoms with Gasteiger partial charge < -0.3 is 10.3 Å². The molecule has 0 fully saturated rings. The van der Waals surface area contributed by atoms with Crippen LogP contribution in [0.15, 0.2) is 42.5 Å². The summed E-state index contributed by atoms with van der Waals surface area (Å²) in [6.45, 7) is 0.304. The number of nitrogens with two attached hydrogens (primary N) is 1. The van der Waals surface area contributed by atoms with Crippen molar-refractivity contribution in [2.45, 2.75) is 6.54 Å². The molecule has 5 heteroatoms. The van der Waals surface area contributed by atoms with Gasteiger partial charge in [-0.05, 0) is 18.2 Å². The van der Waals surface area contributed by atoms with Gasteiger partial charge in [-0.2, -0.15) is 0 Å². The third-order valence-electron chi connectivity index (χ3n) is 3.03. The van der Waals surface area contributed by atoms with Gasteiger partial charge in [0.15, 0.2) is 0 Å². The Kier molecular flexibility index (Phi) is 2.87. The largest absolute Gasteiger partial charge is 0.369 e. The van der Waals surface area contributed by atoms with E-state index in [4.69, 9.17) is 17.3 Å². The van der Waals surface area contributed by atoms with Crippen molar-refractivity contribution in [2.75, 3.05) is 5.73 Å². The van der Waals surface area contributed by atoms with Gasteiger partial charge in [0.05, 0.1) is 22.6 Å². The van der Waals surface area contributed by atoms with Crippen molar-refractivity contribution in [3.8, 4) is 0 Å². The number of fused-ring (bicyclic) bond motifs is 1. The molecule has 19 heavy (non-hydrogen) atoms. The first kappa shape index (κ1) is 12.0. The molecule has 3 rings (SSSR count). The molecule has 0 amide bonds. The van der Waals surface area contributed by atoms with Gasteiger partial charge in [0.2, 0.25) is 5.95 Å². The number of aromatic nitrogens is 2. The van der Waals surface area contributed by atoms with Crippen LogP contribution in [0.1, 0.15) is 5.56 Å². The van der Waals surface area contributed by atoms with Crippen LogP contribution in [-0.2, 0) is 6.54 Å². The molecule has 1 aromatic heterocycles. The second-order valence-electron chi connectivity index (χ2n) is 4.26. The molecular weight excluding hydrogens is 265 g/mol. The molecule has 0 radical (unpaired) electrons. The minimum absolute atomic E-state index is 0.268. The normalized spacial score (nSPS) is 11.1. The lowest BCUT2D eigenvalue weighted by atomic mass is 10.2. The number of anilines is 1. The smallest absolute Gasteiger partial charge is 0.201 e. The van der Waals surface area contributed by atoms with E-state index in [1.165, 1.54) is 6.07 Å². The highest BCUT2D eigenvalue weighted by Gasteiger charge is 2.12. The molecule has 0 unspecified atom stereocenters. The average molecular weight is 276 g/mol. The van der Waals surface area contributed by atoms with Gasteiger partial charge in [-0.25, -0.2) is 9.37 Å². The Morgan fingerprint density at radius 2 is 1.95 bits per heavy atom. The SMILES string of the molecule is Nc1nc2cccc(Cl)c2n1Cc1ccccc1F. The molecule has 0 bridgehead atoms. The van der Waals surface area contributed by atoms with Crippen LogP contribution in [0.5, 0.6) is 0 Å². The molecule has 2 aromatic carbocycles. The zero-order valence-electron chi connectivity index (χ0n) is 9.98. The molecule has 1 heterocycles. The van der Waals surface area contributed by atoms with Gasteiger partial charge in [-0.15, -0.1) is 0 Å². The third-order valence-corrected chi connectivity index (χ3v) is 3.34. The summed E-state index contributed by atoms with van der Waals surface area (Å²) in [4.78, 5) is 4.23. The number of imidazole rings is 1. The molecule has 0 aliphatic carbocycles. The van der Waals surface area contributed by atoms with Gasteiger partial charge >= 0.3 is 0 Å². The van der Waals surface area contributed by atoms with Gasteiger partial charge in [0.25, 0.3) is 0 Å². The molecule has 0 saturated carbocycles. The number of hydrogen-bond donors (Lipinski definition) is 1. The monoisotopic (exact) mass is 275 g/mol. The summed E-state index contributed by atoms with van der Waals surface area (Å²) in [7, 11) is 0. The Morgan fingerprint density at radius 1 is 1.16 bits per heavy atom. The van der Waals surface area contributed by atoms with Gasteiger partial charge in [-0.1, -0.05) is 35.9 Å². The maximum Gasteiger partial charge on any atom is 0.201 e. The van der Waals surface area contributed by atoms with Crippen molar-refractivity contribution in [1.29, 1.82) is 0 Å². The van der Waals surface area contributed by atoms with Crippen molar-refractivity contribution < 1.29 is 4.39 Å². The van der Waals surface area contributed by atoms with Gasteiger partial charge in [-0.3, -0.25) is 0 Å². The third kappa shape index (κ3) is 2.04. The Labute approximate surface area is 114 Å². The zero-order chi connectivity index (χ0) is 13.4. The van der Waals surface area contributed by atoms with E-state index >= 15 is 0 Å². The molecule has 3 nitrogen and oxygen atoms in total. The first-order valence-electron chi connectivity index (χ1n) is 5.80. The predicted octanol–water partition coefficient (Wildman–Crippen LogP) is 3.46. The maximum atomic E-state index is 13.7. The van der Waals surface area contributed by atoms with Crippen LogP contribution in [0.2, 0.25) is 5.02 Å². The molecule has 0 spiro atoms. The number of benzene rings is 2. The lowest BCUT2D eigenvalue weighted by Crippen LogP contribution is -2.06. The number of nitrogen functional groups attached to an aromatic ring is 1. The minimum atomic E-state index is -0.268. The summed E-state index contributed by atoms with van der Waals surface area (Å²) in [5, 5.41) is 0.554. The second-order valence-corrected chi connectivity index (χ2v) is 4.66. The van der Waals surface area contributed by atoms with E-state index in [-0.39, 0.29) is 5.82 Å². The van der Waals surface area contributed by atoms with Crippen LogP contribution < -0.4 is 5.73 Å². The Hall–Kier alpha value is -2.07. The fraction of sp³-hybridized carbons (Fsp3) is 0.0714. The number of rotatable bonds is 2. The van der Waals surface area contributed by atoms with Gasteiger partial charge in [0, 0.05) is 5.56 Å². The van der Waals surface area contributed by atoms with Crippen molar-refractivity contribution >= 4 is 28.6 Å². The van der Waals surface area contributed by atoms with E-state index in [0.29, 0.717) is 28.6 Å². The maximum absolute atomic E-state index is 13.7. The quantitative estimate of drug-likeness (QED) is 0.778. The summed E-state index contributed by atoms with van der Waals surface area (Å²) >= 11 is 6.17. The molecule has 0 aliphatic heterocycles. The van der Waals surface area contributed by atoms with E-state index < -0.39 is 0 Å². The lowest BCUT2D eigenvalue weighted by Gasteiger charge is -2.08. The minimum Gasteiger partial charge on any atom is -0.369 e. The molecule has 2 N–H and O–H groups in total. The topological polar surface area (TPSA) is 43.8 Å². The average Bonchev–Trinajstić information content (AvgIpc) is 2.70. The summed E-state index contributed by atoms with van der Waals surface area (Å²) in [6, 6.07) is 12.0. The van der Waals surface area contributed by atoms with Crippen LogP contribution in [-0.4, -0.2) is 9.55 Å². The number of hydrogen-bond acceptors (Lipinski definition) is 2. The van der Waals surface area contributed by atoms with E-state index in [0.717, 1.165) is 5.52 Å². The van der Waals surface area contributed by atoms with Crippen LogP contribution >= 0.6 is 11.6 Å². The first-order valence-corrected chi connectivity index (χ1v) is 6.18. The van der Waals surface area contributed by atoms with E-state index in [1.807, 2.05) is 12.1 Å². The van der Waals surface area contributed by atoms with E-state index in [1.54, 1.807) is 28.8 Å². The summed E-state index contributed by atoms with van der Waals surface area (Å²) < 4.78 is 15.4. The number of nitrogens with zero attached hydrogens (tertiary/aromatic N) is 2. The van der Waals surface area contributed by atoms with E-state index in [2.05, 4.69) is 4.98 Å². The highest BCUT2D eigenvalue weighted by Crippen LogP contribution is 2.26. The van der Waals surface area contributed by atoms with E-state index in [9.17, 15) is 4.39 Å². The standard InChI is InChI=1S/C14H11ClFN3/c15-10-5-3-7-12-13(10)19(14(17)18-12)8-9-4-1-2-6-11(9)16/h1-7H,8H2,(H2,17,18). The van der Waals surface area contributed by atoms with Crippen LogP contribution in [0.4, 0.5) is 10.3 Å². The molecule has 0 atom stereocenters. The fourth-order valence-electron chi connectivity index (χ4n) is 2.12. The van der Waals surface area contributed by atoms with Crippen LogP contribution in [0.3, 0.4) is 0 Å². The van der Waals surface area contributed by atoms with Crippen molar-refractivity contribution in [1.82, 2.24) is 9.55 Å². The zero-order valence-corrected chi connectivity index (χ0v) is 10.7. The summed E-state index contributed by atoms with van der Waals surface area (Å²) in [5.41, 5.74) is 7.88. The Bertz CT molecular complexity index is 752. The Balaban J connectivity index is 2.16. The van der Waals surface area contributed by atoms with Gasteiger partial charge in [0.1, 0.15) is 5.82 Å². The summed E-state index contributed by atoms with van der Waals surface area (Å²) in [5.74, 6) is 0.0576. The molecule has 3 aromatic rings. The fourth-order valence-corrected chi connectivity index (χ4v) is 2.39. The number of para-hydroxylation sites is 1. The number of halogens is 2. The van der Waals surface area contributed by atoms with Crippen LogP contribution in [0.25, 0.3) is 11.0 Å². The highest BCUT2D eigenvalue weighted by molar-refractivity contribution is 6.35. The molecular formula is C14H11ClFN3. The van der Waals surface area contributed by atoms with Crippen LogP contribution in [0, 0.1) is 5.82 Å². The summed E-state index contributed by atoms with van der Waals surface area (Å²) in [6.07, 6.45) is 0. The molecule has 0 saturated heterocycles. The highest BCUT2D eigenvalue weighted by atomic mass is 35.5. The first-order chi connectivity index (χ1) is 9.16. The second kappa shape index (κ2) is 4.55. The predicted molar refractivity (Wildman–Crippen MR) is 74.7 cm³/mol. The molecule has 0 aliphatic rings. The van der Waals surface area contributed by atoms with Crippen molar-refractivity contribution in [3.63, 3.8) is 0 Å². The van der Waals surface area contributed by atoms with Crippen molar-refractivity contribution in [3.05, 3.63) is 58.9 Å². The van der Waals surface area contributed by atoms with Crippen molar-refractivity contribution in [2.24, 2.45) is 0 Å². The Morgan fingerprint density at radius 3 is 2.74 bits per heavy atom.